The van der Waals surface area contributed by atoms with E-state index in [0.29, 0.717) is 6.04 Å². The van der Waals surface area contributed by atoms with Gasteiger partial charge in [-0.1, -0.05) is 6.92 Å². The van der Waals surface area contributed by atoms with Crippen molar-refractivity contribution in [2.24, 2.45) is 7.05 Å². The molecule has 108 valence electrons. The molecule has 1 aromatic heterocycles. The first kappa shape index (κ1) is 14.4. The maximum atomic E-state index is 4.31. The molecule has 0 spiro atoms. The summed E-state index contributed by atoms with van der Waals surface area (Å²) >= 11 is 0. The average Bonchev–Trinajstić information content (AvgIpc) is 3.06. The number of tetrazole rings is 1. The Morgan fingerprint density at radius 1 is 1.37 bits per heavy atom. The quantitative estimate of drug-likeness (QED) is 0.817. The molecule has 1 aliphatic rings. The Kier molecular flexibility index (Phi) is 4.52. The molecule has 1 saturated heterocycles. The van der Waals surface area contributed by atoms with E-state index in [-0.39, 0.29) is 5.54 Å². The molecule has 1 N–H and O–H groups in total. The second kappa shape index (κ2) is 5.96. The number of aryl methyl sites for hydroxylation is 1. The lowest BCUT2D eigenvalue weighted by molar-refractivity contribution is 0.0864. The zero-order valence-electron chi connectivity index (χ0n) is 12.6. The Morgan fingerprint density at radius 2 is 2.05 bits per heavy atom. The van der Waals surface area contributed by atoms with Gasteiger partial charge in [0.25, 0.3) is 0 Å². The van der Waals surface area contributed by atoms with Crippen LogP contribution in [0.1, 0.15) is 38.9 Å². The molecule has 0 aromatic carbocycles. The topological polar surface area (TPSA) is 58.9 Å². The molecule has 2 unspecified atom stereocenters. The first-order chi connectivity index (χ1) is 9.10. The molecule has 0 aliphatic carbocycles. The first-order valence-corrected chi connectivity index (χ1v) is 7.25. The Bertz CT molecular complexity index is 398. The van der Waals surface area contributed by atoms with Crippen molar-refractivity contribution in [2.75, 3.05) is 20.1 Å². The van der Waals surface area contributed by atoms with E-state index in [0.717, 1.165) is 18.7 Å². The van der Waals surface area contributed by atoms with E-state index in [1.165, 1.54) is 30.7 Å². The molecule has 0 bridgehead atoms. The number of hydrogen-bond donors (Lipinski definition) is 1. The smallest absolute Gasteiger partial charge is 0.176 e. The standard InChI is InChI=1S/C13H26N6/c1-5-13(2,19-8-6-7-9-19)11(14-3)10-12-15-17-18(4)16-12/h11,14H,5-10H2,1-4H3. The van der Waals surface area contributed by atoms with Crippen molar-refractivity contribution in [3.63, 3.8) is 0 Å². The van der Waals surface area contributed by atoms with Gasteiger partial charge in [-0.25, -0.2) is 0 Å². The highest BCUT2D eigenvalue weighted by molar-refractivity contribution is 5.01. The van der Waals surface area contributed by atoms with E-state index in [1.54, 1.807) is 0 Å². The van der Waals surface area contributed by atoms with Crippen LogP contribution in [0.5, 0.6) is 0 Å². The van der Waals surface area contributed by atoms with E-state index in [4.69, 9.17) is 0 Å². The number of rotatable bonds is 6. The van der Waals surface area contributed by atoms with Crippen LogP contribution in [0.2, 0.25) is 0 Å². The highest BCUT2D eigenvalue weighted by atomic mass is 15.6. The summed E-state index contributed by atoms with van der Waals surface area (Å²) in [4.78, 5) is 4.14. The van der Waals surface area contributed by atoms with Crippen molar-refractivity contribution in [3.8, 4) is 0 Å². The van der Waals surface area contributed by atoms with Crippen LogP contribution in [0.25, 0.3) is 0 Å². The Morgan fingerprint density at radius 3 is 2.53 bits per heavy atom. The Labute approximate surface area is 115 Å². The lowest BCUT2D eigenvalue weighted by Crippen LogP contribution is -2.58. The molecule has 2 atom stereocenters. The molecule has 19 heavy (non-hydrogen) atoms. The summed E-state index contributed by atoms with van der Waals surface area (Å²) in [6.45, 7) is 7.04. The van der Waals surface area contributed by atoms with Crippen molar-refractivity contribution in [1.29, 1.82) is 0 Å². The largest absolute Gasteiger partial charge is 0.315 e. The number of likely N-dealkylation sites (N-methyl/N-ethyl adjacent to an activating group) is 1. The van der Waals surface area contributed by atoms with Gasteiger partial charge in [-0.3, -0.25) is 4.90 Å². The summed E-state index contributed by atoms with van der Waals surface area (Å²) in [7, 11) is 3.84. The van der Waals surface area contributed by atoms with Crippen LogP contribution in [0.3, 0.4) is 0 Å². The summed E-state index contributed by atoms with van der Waals surface area (Å²) in [5.41, 5.74) is 0.157. The molecular weight excluding hydrogens is 240 g/mol. The van der Waals surface area contributed by atoms with E-state index in [2.05, 4.69) is 39.5 Å². The number of nitrogens with zero attached hydrogens (tertiary/aromatic N) is 5. The molecule has 1 fully saturated rings. The molecule has 2 heterocycles. The minimum atomic E-state index is 0.157. The minimum absolute atomic E-state index is 0.157. The van der Waals surface area contributed by atoms with Gasteiger partial charge in [0, 0.05) is 18.0 Å². The van der Waals surface area contributed by atoms with Gasteiger partial charge in [-0.15, -0.1) is 10.2 Å². The van der Waals surface area contributed by atoms with Crippen LogP contribution in [0.15, 0.2) is 0 Å². The highest BCUT2D eigenvalue weighted by Crippen LogP contribution is 2.29. The number of likely N-dealkylation sites (tertiary alicyclic amines) is 1. The monoisotopic (exact) mass is 266 g/mol. The van der Waals surface area contributed by atoms with Crippen molar-refractivity contribution in [1.82, 2.24) is 30.4 Å². The van der Waals surface area contributed by atoms with E-state index in [9.17, 15) is 0 Å². The third-order valence-corrected chi connectivity index (χ3v) is 4.58. The maximum absolute atomic E-state index is 4.31. The molecule has 0 saturated carbocycles. The fraction of sp³-hybridized carbons (Fsp3) is 0.923. The predicted molar refractivity (Wildman–Crippen MR) is 74.9 cm³/mol. The molecule has 1 aromatic rings. The molecule has 1 aliphatic heterocycles. The summed E-state index contributed by atoms with van der Waals surface area (Å²) < 4.78 is 0. The Balaban J connectivity index is 2.13. The third kappa shape index (κ3) is 2.95. The van der Waals surface area contributed by atoms with Gasteiger partial charge in [0.15, 0.2) is 5.82 Å². The zero-order valence-corrected chi connectivity index (χ0v) is 12.6. The van der Waals surface area contributed by atoms with Gasteiger partial charge in [-0.05, 0) is 51.5 Å². The van der Waals surface area contributed by atoms with Gasteiger partial charge in [-0.2, -0.15) is 4.80 Å². The lowest BCUT2D eigenvalue weighted by atomic mass is 9.85. The molecular formula is C13H26N6. The van der Waals surface area contributed by atoms with E-state index >= 15 is 0 Å². The van der Waals surface area contributed by atoms with Crippen LogP contribution >= 0.6 is 0 Å². The number of aromatic nitrogens is 4. The molecule has 6 heteroatoms. The SMILES string of the molecule is CCC(C)(C(Cc1nnn(C)n1)NC)N1CCCC1. The zero-order chi connectivity index (χ0) is 13.9. The van der Waals surface area contributed by atoms with Crippen molar-refractivity contribution in [3.05, 3.63) is 5.82 Å². The maximum Gasteiger partial charge on any atom is 0.176 e. The van der Waals surface area contributed by atoms with Gasteiger partial charge >= 0.3 is 0 Å². The van der Waals surface area contributed by atoms with Gasteiger partial charge in [0.2, 0.25) is 0 Å². The first-order valence-electron chi connectivity index (χ1n) is 7.25. The van der Waals surface area contributed by atoms with Crippen LogP contribution in [0, 0.1) is 0 Å². The fourth-order valence-electron chi connectivity index (χ4n) is 3.14. The van der Waals surface area contributed by atoms with Crippen LogP contribution in [0.4, 0.5) is 0 Å². The van der Waals surface area contributed by atoms with E-state index in [1.807, 2.05) is 14.1 Å². The number of hydrogen-bond acceptors (Lipinski definition) is 5. The summed E-state index contributed by atoms with van der Waals surface area (Å²) in [6, 6.07) is 0.347. The van der Waals surface area contributed by atoms with Crippen molar-refractivity contribution >= 4 is 0 Å². The van der Waals surface area contributed by atoms with Crippen molar-refractivity contribution < 1.29 is 0 Å². The predicted octanol–water partition coefficient (Wildman–Crippen LogP) is 0.605. The summed E-state index contributed by atoms with van der Waals surface area (Å²) in [6.07, 6.45) is 4.58. The van der Waals surface area contributed by atoms with Gasteiger partial charge in [0.05, 0.1) is 7.05 Å². The van der Waals surface area contributed by atoms with Gasteiger partial charge in [0.1, 0.15) is 0 Å². The highest BCUT2D eigenvalue weighted by Gasteiger charge is 2.39. The second-order valence-corrected chi connectivity index (χ2v) is 5.65. The molecule has 0 radical (unpaired) electrons. The van der Waals surface area contributed by atoms with Crippen LogP contribution in [-0.4, -0.2) is 56.8 Å². The normalized spacial score (nSPS) is 21.5. The van der Waals surface area contributed by atoms with Crippen LogP contribution < -0.4 is 5.32 Å². The average molecular weight is 266 g/mol. The lowest BCUT2D eigenvalue weighted by Gasteiger charge is -2.44. The van der Waals surface area contributed by atoms with Gasteiger partial charge < -0.3 is 5.32 Å². The van der Waals surface area contributed by atoms with E-state index < -0.39 is 0 Å². The summed E-state index contributed by atoms with van der Waals surface area (Å²) in [5.74, 6) is 0.820. The molecule has 0 amide bonds. The van der Waals surface area contributed by atoms with Crippen molar-refractivity contribution in [2.45, 2.75) is 51.1 Å². The Hall–Kier alpha value is -1.01. The van der Waals surface area contributed by atoms with Crippen LogP contribution in [-0.2, 0) is 13.5 Å². The molecule has 2 rings (SSSR count). The summed E-state index contributed by atoms with van der Waals surface area (Å²) in [5, 5.41) is 15.8. The number of nitrogens with one attached hydrogen (secondary N) is 1. The molecule has 6 nitrogen and oxygen atoms in total. The fourth-order valence-corrected chi connectivity index (χ4v) is 3.14. The third-order valence-electron chi connectivity index (χ3n) is 4.58. The second-order valence-electron chi connectivity index (χ2n) is 5.65. The minimum Gasteiger partial charge on any atom is -0.315 e.